The maximum Gasteiger partial charge on any atom is 0.254 e. The third kappa shape index (κ3) is 5.29. The van der Waals surface area contributed by atoms with E-state index in [4.69, 9.17) is 15.5 Å². The second kappa shape index (κ2) is 10.8. The number of piperidine rings is 1. The molecule has 3 aromatic rings. The summed E-state index contributed by atoms with van der Waals surface area (Å²) in [5.41, 5.74) is 9.39. The zero-order chi connectivity index (χ0) is 20.4. The fourth-order valence-electron chi connectivity index (χ4n) is 4.06. The van der Waals surface area contributed by atoms with Crippen molar-refractivity contribution in [2.45, 2.75) is 25.8 Å². The number of likely N-dealkylation sites (tertiary alicyclic amines) is 1. The molecule has 0 spiro atoms. The molecule has 166 valence electrons. The monoisotopic (exact) mass is 461 g/mol. The molecule has 4 rings (SSSR count). The highest BCUT2D eigenvalue weighted by Gasteiger charge is 2.27. The molecular formula is C24H29Cl2N3O2. The molecule has 2 heterocycles. The Morgan fingerprint density at radius 2 is 1.87 bits per heavy atom. The first-order valence-electron chi connectivity index (χ1n) is 10.2. The van der Waals surface area contributed by atoms with E-state index in [2.05, 4.69) is 0 Å². The highest BCUT2D eigenvalue weighted by Crippen LogP contribution is 2.28. The normalized spacial score (nSPS) is 16.7. The predicted octanol–water partition coefficient (Wildman–Crippen LogP) is 4.95. The fourth-order valence-corrected chi connectivity index (χ4v) is 4.06. The SMILES string of the molecule is COc1ccc(-c2cc(C(=O)N3CCCC(C(C)N)C3)c3ccccc3n2)cc1.Cl.Cl. The molecule has 7 heteroatoms. The first-order valence-corrected chi connectivity index (χ1v) is 10.2. The van der Waals surface area contributed by atoms with Gasteiger partial charge in [-0.2, -0.15) is 0 Å². The summed E-state index contributed by atoms with van der Waals surface area (Å²) in [6.07, 6.45) is 2.07. The number of para-hydroxylation sites is 1. The van der Waals surface area contributed by atoms with Crippen LogP contribution in [0.5, 0.6) is 5.75 Å². The van der Waals surface area contributed by atoms with E-state index in [1.54, 1.807) is 7.11 Å². The van der Waals surface area contributed by atoms with Gasteiger partial charge in [0.15, 0.2) is 0 Å². The van der Waals surface area contributed by atoms with Gasteiger partial charge in [0.1, 0.15) is 5.75 Å². The summed E-state index contributed by atoms with van der Waals surface area (Å²) >= 11 is 0. The van der Waals surface area contributed by atoms with Gasteiger partial charge in [0, 0.05) is 30.1 Å². The van der Waals surface area contributed by atoms with Gasteiger partial charge in [-0.25, -0.2) is 4.98 Å². The Kier molecular flexibility index (Phi) is 8.69. The number of pyridine rings is 1. The van der Waals surface area contributed by atoms with Crippen LogP contribution in [-0.2, 0) is 0 Å². The van der Waals surface area contributed by atoms with Crippen molar-refractivity contribution in [3.05, 3.63) is 60.2 Å². The molecule has 2 aromatic carbocycles. The first-order chi connectivity index (χ1) is 14.1. The maximum atomic E-state index is 13.5. The number of nitrogens with zero attached hydrogens (tertiary/aromatic N) is 2. The minimum Gasteiger partial charge on any atom is -0.497 e. The summed E-state index contributed by atoms with van der Waals surface area (Å²) in [7, 11) is 1.65. The highest BCUT2D eigenvalue weighted by molar-refractivity contribution is 6.07. The van der Waals surface area contributed by atoms with E-state index >= 15 is 0 Å². The zero-order valence-corrected chi connectivity index (χ0v) is 19.4. The smallest absolute Gasteiger partial charge is 0.254 e. The Labute approximate surface area is 195 Å². The van der Waals surface area contributed by atoms with E-state index < -0.39 is 0 Å². The van der Waals surface area contributed by atoms with E-state index in [-0.39, 0.29) is 36.8 Å². The zero-order valence-electron chi connectivity index (χ0n) is 17.8. The van der Waals surface area contributed by atoms with Gasteiger partial charge >= 0.3 is 0 Å². The Morgan fingerprint density at radius 1 is 1.16 bits per heavy atom. The molecule has 1 aromatic heterocycles. The van der Waals surface area contributed by atoms with Crippen LogP contribution < -0.4 is 10.5 Å². The van der Waals surface area contributed by atoms with E-state index in [0.29, 0.717) is 18.0 Å². The van der Waals surface area contributed by atoms with Crippen molar-refractivity contribution in [2.24, 2.45) is 11.7 Å². The van der Waals surface area contributed by atoms with Crippen LogP contribution in [-0.4, -0.2) is 42.0 Å². The molecule has 0 bridgehead atoms. The number of hydrogen-bond donors (Lipinski definition) is 1. The number of ether oxygens (including phenoxy) is 1. The Morgan fingerprint density at radius 3 is 2.55 bits per heavy atom. The van der Waals surface area contributed by atoms with Crippen molar-refractivity contribution in [1.29, 1.82) is 0 Å². The van der Waals surface area contributed by atoms with E-state index in [1.807, 2.05) is 66.4 Å². The number of nitrogens with two attached hydrogens (primary N) is 1. The number of carbonyl (C=O) groups is 1. The molecule has 2 unspecified atom stereocenters. The largest absolute Gasteiger partial charge is 0.497 e. The van der Waals surface area contributed by atoms with Crippen molar-refractivity contribution in [3.8, 4) is 17.0 Å². The lowest BCUT2D eigenvalue weighted by Gasteiger charge is -2.35. The molecule has 1 fully saturated rings. The van der Waals surface area contributed by atoms with E-state index in [1.165, 1.54) is 0 Å². The summed E-state index contributed by atoms with van der Waals surface area (Å²) in [4.78, 5) is 20.3. The Balaban J connectivity index is 0.00000171. The van der Waals surface area contributed by atoms with Gasteiger partial charge in [0.2, 0.25) is 0 Å². The lowest BCUT2D eigenvalue weighted by atomic mass is 9.91. The standard InChI is InChI=1S/C24H27N3O2.2ClH/c1-16(25)18-6-5-13-27(15-18)24(28)21-14-23(17-9-11-19(29-2)12-10-17)26-22-8-4-3-7-20(21)22;;/h3-4,7-12,14,16,18H,5-6,13,15,25H2,1-2H3;2*1H. The number of fused-ring (bicyclic) bond motifs is 1. The van der Waals surface area contributed by atoms with Crippen LogP contribution in [0.15, 0.2) is 54.6 Å². The molecule has 1 aliphatic rings. The predicted molar refractivity (Wildman–Crippen MR) is 131 cm³/mol. The molecule has 1 saturated heterocycles. The average Bonchev–Trinajstić information content (AvgIpc) is 2.78. The third-order valence-corrected chi connectivity index (χ3v) is 5.82. The van der Waals surface area contributed by atoms with Gasteiger partial charge in [-0.1, -0.05) is 18.2 Å². The number of hydrogen-bond acceptors (Lipinski definition) is 4. The van der Waals surface area contributed by atoms with Gasteiger partial charge < -0.3 is 15.4 Å². The van der Waals surface area contributed by atoms with Crippen LogP contribution in [0.2, 0.25) is 0 Å². The Bertz CT molecular complexity index is 1030. The van der Waals surface area contributed by atoms with Crippen molar-refractivity contribution in [1.82, 2.24) is 9.88 Å². The number of carbonyl (C=O) groups excluding carboxylic acids is 1. The van der Waals surface area contributed by atoms with Crippen molar-refractivity contribution < 1.29 is 9.53 Å². The van der Waals surface area contributed by atoms with Gasteiger partial charge in [-0.3, -0.25) is 4.79 Å². The summed E-state index contributed by atoms with van der Waals surface area (Å²) in [5, 5.41) is 0.887. The van der Waals surface area contributed by atoms with Gasteiger partial charge in [0.25, 0.3) is 5.91 Å². The average molecular weight is 462 g/mol. The summed E-state index contributed by atoms with van der Waals surface area (Å²) in [6.45, 7) is 3.52. The van der Waals surface area contributed by atoms with Crippen molar-refractivity contribution in [3.63, 3.8) is 0 Å². The molecule has 0 aliphatic carbocycles. The topological polar surface area (TPSA) is 68.5 Å². The number of aromatic nitrogens is 1. The number of halogens is 2. The van der Waals surface area contributed by atoms with Crippen LogP contribution in [0.25, 0.3) is 22.2 Å². The molecular weight excluding hydrogens is 433 g/mol. The van der Waals surface area contributed by atoms with Gasteiger partial charge in [0.05, 0.1) is 23.9 Å². The summed E-state index contributed by atoms with van der Waals surface area (Å²) < 4.78 is 5.25. The lowest BCUT2D eigenvalue weighted by molar-refractivity contribution is 0.0663. The van der Waals surface area contributed by atoms with E-state index in [0.717, 1.165) is 47.3 Å². The van der Waals surface area contributed by atoms with Crippen LogP contribution >= 0.6 is 24.8 Å². The lowest BCUT2D eigenvalue weighted by Crippen LogP contribution is -2.45. The Hall–Kier alpha value is -2.34. The van der Waals surface area contributed by atoms with Crippen molar-refractivity contribution in [2.75, 3.05) is 20.2 Å². The minimum absolute atomic E-state index is 0. The van der Waals surface area contributed by atoms with Crippen LogP contribution in [0.3, 0.4) is 0 Å². The molecule has 0 radical (unpaired) electrons. The summed E-state index contributed by atoms with van der Waals surface area (Å²) in [5.74, 6) is 1.20. The van der Waals surface area contributed by atoms with Gasteiger partial charge in [-0.15, -0.1) is 24.8 Å². The first kappa shape index (κ1) is 24.9. The van der Waals surface area contributed by atoms with Crippen LogP contribution in [0, 0.1) is 5.92 Å². The quantitative estimate of drug-likeness (QED) is 0.596. The molecule has 0 saturated carbocycles. The fraction of sp³-hybridized carbons (Fsp3) is 0.333. The highest BCUT2D eigenvalue weighted by atomic mass is 35.5. The third-order valence-electron chi connectivity index (χ3n) is 5.82. The molecule has 2 atom stereocenters. The van der Waals surface area contributed by atoms with Crippen molar-refractivity contribution >= 4 is 41.6 Å². The summed E-state index contributed by atoms with van der Waals surface area (Å²) in [6, 6.07) is 17.6. The second-order valence-electron chi connectivity index (χ2n) is 7.81. The number of rotatable bonds is 4. The maximum absolute atomic E-state index is 13.5. The molecule has 1 amide bonds. The van der Waals surface area contributed by atoms with Gasteiger partial charge in [-0.05, 0) is 62.1 Å². The number of methoxy groups -OCH3 is 1. The number of amides is 1. The van der Waals surface area contributed by atoms with Crippen LogP contribution in [0.4, 0.5) is 0 Å². The van der Waals surface area contributed by atoms with Crippen LogP contribution in [0.1, 0.15) is 30.1 Å². The molecule has 31 heavy (non-hydrogen) atoms. The molecule has 5 nitrogen and oxygen atoms in total. The minimum atomic E-state index is 0. The number of benzene rings is 2. The second-order valence-corrected chi connectivity index (χ2v) is 7.81. The molecule has 1 aliphatic heterocycles. The van der Waals surface area contributed by atoms with E-state index in [9.17, 15) is 4.79 Å². The molecule has 2 N–H and O–H groups in total.